The summed E-state index contributed by atoms with van der Waals surface area (Å²) < 4.78 is 36.5. The van der Waals surface area contributed by atoms with Crippen molar-refractivity contribution >= 4 is 35.0 Å². The number of halogens is 5. The summed E-state index contributed by atoms with van der Waals surface area (Å²) in [5, 5.41) is 0.340. The zero-order chi connectivity index (χ0) is 14.0. The van der Waals surface area contributed by atoms with Crippen LogP contribution in [0.3, 0.4) is 0 Å². The molecule has 1 heterocycles. The van der Waals surface area contributed by atoms with Gasteiger partial charge in [0, 0.05) is 16.5 Å². The van der Waals surface area contributed by atoms with Crippen LogP contribution in [0.25, 0.3) is 11.4 Å². The van der Waals surface area contributed by atoms with Crippen LogP contribution in [-0.4, -0.2) is 15.5 Å². The number of nitrogens with zero attached hydrogens (tertiary/aromatic N) is 2. The van der Waals surface area contributed by atoms with Crippen LogP contribution in [0.2, 0.25) is 10.3 Å². The third-order valence-electron chi connectivity index (χ3n) is 2.01. The van der Waals surface area contributed by atoms with Crippen molar-refractivity contribution in [2.45, 2.75) is 10.4 Å². The molecule has 100 valence electrons. The Morgan fingerprint density at radius 3 is 1.95 bits per heavy atom. The Bertz CT molecular complexity index is 567. The van der Waals surface area contributed by atoms with Gasteiger partial charge in [0.25, 0.3) is 0 Å². The van der Waals surface area contributed by atoms with Crippen LogP contribution in [0, 0.1) is 0 Å². The first-order valence-electron chi connectivity index (χ1n) is 4.90. The number of rotatable bonds is 2. The first kappa shape index (κ1) is 14.4. The second-order valence-corrected chi connectivity index (χ2v) is 5.32. The summed E-state index contributed by atoms with van der Waals surface area (Å²) in [6.07, 6.45) is 0. The summed E-state index contributed by atoms with van der Waals surface area (Å²) in [5.74, 6) is 0.265. The van der Waals surface area contributed by atoms with Crippen LogP contribution in [0.15, 0.2) is 35.2 Å². The molecule has 0 fully saturated rings. The van der Waals surface area contributed by atoms with Crippen molar-refractivity contribution in [2.24, 2.45) is 0 Å². The highest BCUT2D eigenvalue weighted by atomic mass is 35.5. The normalized spacial score (nSPS) is 11.6. The Kier molecular flexibility index (Phi) is 4.23. The largest absolute Gasteiger partial charge is 0.446 e. The molecule has 2 rings (SSSR count). The monoisotopic (exact) mass is 324 g/mol. The molecule has 8 heteroatoms. The number of aromatic nitrogens is 2. The molecular formula is C11H5Cl2F3N2S. The van der Waals surface area contributed by atoms with Gasteiger partial charge < -0.3 is 0 Å². The lowest BCUT2D eigenvalue weighted by Gasteiger charge is -2.06. The van der Waals surface area contributed by atoms with Crippen molar-refractivity contribution in [3.63, 3.8) is 0 Å². The summed E-state index contributed by atoms with van der Waals surface area (Å²) in [4.78, 5) is 7.99. The molecule has 2 aromatic rings. The molecule has 2 nitrogen and oxygen atoms in total. The van der Waals surface area contributed by atoms with Gasteiger partial charge in [-0.1, -0.05) is 35.3 Å². The number of hydrogen-bond acceptors (Lipinski definition) is 3. The number of benzene rings is 1. The van der Waals surface area contributed by atoms with E-state index in [0.29, 0.717) is 5.56 Å². The second-order valence-electron chi connectivity index (χ2n) is 3.41. The van der Waals surface area contributed by atoms with E-state index in [1.807, 2.05) is 0 Å². The van der Waals surface area contributed by atoms with Gasteiger partial charge in [-0.15, -0.1) is 0 Å². The maximum atomic E-state index is 12.2. The number of hydrogen-bond donors (Lipinski definition) is 0. The van der Waals surface area contributed by atoms with E-state index < -0.39 is 5.51 Å². The van der Waals surface area contributed by atoms with Gasteiger partial charge in [-0.3, -0.25) is 0 Å². The fourth-order valence-electron chi connectivity index (χ4n) is 1.32. The molecule has 0 saturated heterocycles. The zero-order valence-corrected chi connectivity index (χ0v) is 11.4. The van der Waals surface area contributed by atoms with Crippen molar-refractivity contribution in [1.82, 2.24) is 9.97 Å². The minimum absolute atomic E-state index is 0.0874. The molecule has 0 N–H and O–H groups in total. The summed E-state index contributed by atoms with van der Waals surface area (Å²) in [6.45, 7) is 0. The fraction of sp³-hybridized carbons (Fsp3) is 0.0909. The minimum Gasteiger partial charge on any atom is -0.216 e. The molecule has 19 heavy (non-hydrogen) atoms. The SMILES string of the molecule is FC(F)(F)Sc1ccc(-c2nc(Cl)cc(Cl)n2)cc1. The molecule has 0 radical (unpaired) electrons. The van der Waals surface area contributed by atoms with Gasteiger partial charge in [-0.25, -0.2) is 9.97 Å². The molecule has 1 aromatic heterocycles. The van der Waals surface area contributed by atoms with Crippen LogP contribution in [0.5, 0.6) is 0 Å². The molecule has 0 saturated carbocycles. The Hall–Kier alpha value is -0.980. The van der Waals surface area contributed by atoms with E-state index in [-0.39, 0.29) is 32.8 Å². The van der Waals surface area contributed by atoms with E-state index in [0.717, 1.165) is 0 Å². The predicted molar refractivity (Wildman–Crippen MR) is 69.4 cm³/mol. The Balaban J connectivity index is 2.27. The standard InChI is InChI=1S/C11H5Cl2F3N2S/c12-8-5-9(13)18-10(17-8)6-1-3-7(4-2-6)19-11(14,15)16/h1-5H. The first-order chi connectivity index (χ1) is 8.83. The molecule has 0 aliphatic heterocycles. The van der Waals surface area contributed by atoms with E-state index in [9.17, 15) is 13.2 Å². The van der Waals surface area contributed by atoms with Crippen LogP contribution in [-0.2, 0) is 0 Å². The summed E-state index contributed by atoms with van der Waals surface area (Å²) in [6, 6.07) is 7.02. The Morgan fingerprint density at radius 1 is 0.947 bits per heavy atom. The van der Waals surface area contributed by atoms with Crippen molar-refractivity contribution < 1.29 is 13.2 Å². The van der Waals surface area contributed by atoms with Gasteiger partial charge in [0.2, 0.25) is 0 Å². The third kappa shape index (κ3) is 4.26. The maximum Gasteiger partial charge on any atom is 0.446 e. The molecule has 0 spiro atoms. The van der Waals surface area contributed by atoms with Gasteiger partial charge >= 0.3 is 5.51 Å². The van der Waals surface area contributed by atoms with E-state index in [1.165, 1.54) is 30.3 Å². The number of thioether (sulfide) groups is 1. The molecule has 0 amide bonds. The van der Waals surface area contributed by atoms with Crippen LogP contribution in [0.1, 0.15) is 0 Å². The highest BCUT2D eigenvalue weighted by Crippen LogP contribution is 2.37. The maximum absolute atomic E-state index is 12.2. The minimum atomic E-state index is -4.31. The Labute approximate surface area is 121 Å². The van der Waals surface area contributed by atoms with Gasteiger partial charge in [-0.05, 0) is 23.9 Å². The molecule has 0 unspecified atom stereocenters. The van der Waals surface area contributed by atoms with Gasteiger partial charge in [0.1, 0.15) is 10.3 Å². The molecule has 0 atom stereocenters. The van der Waals surface area contributed by atoms with Gasteiger partial charge in [-0.2, -0.15) is 13.2 Å². The van der Waals surface area contributed by atoms with Crippen LogP contribution >= 0.6 is 35.0 Å². The van der Waals surface area contributed by atoms with Crippen molar-refractivity contribution in [1.29, 1.82) is 0 Å². The lowest BCUT2D eigenvalue weighted by atomic mass is 10.2. The first-order valence-corrected chi connectivity index (χ1v) is 6.47. The zero-order valence-electron chi connectivity index (χ0n) is 9.08. The summed E-state index contributed by atoms with van der Waals surface area (Å²) in [5.41, 5.74) is -3.77. The molecular weight excluding hydrogens is 320 g/mol. The van der Waals surface area contributed by atoms with E-state index in [1.54, 1.807) is 0 Å². The van der Waals surface area contributed by atoms with Gasteiger partial charge in [0.15, 0.2) is 5.82 Å². The van der Waals surface area contributed by atoms with Gasteiger partial charge in [0.05, 0.1) is 0 Å². The quantitative estimate of drug-likeness (QED) is 0.570. The van der Waals surface area contributed by atoms with E-state index >= 15 is 0 Å². The molecule has 1 aromatic carbocycles. The highest BCUT2D eigenvalue weighted by molar-refractivity contribution is 8.00. The van der Waals surface area contributed by atoms with Crippen molar-refractivity contribution in [3.05, 3.63) is 40.6 Å². The molecule has 0 bridgehead atoms. The lowest BCUT2D eigenvalue weighted by molar-refractivity contribution is -0.0328. The van der Waals surface area contributed by atoms with E-state index in [4.69, 9.17) is 23.2 Å². The number of alkyl halides is 3. The highest BCUT2D eigenvalue weighted by Gasteiger charge is 2.29. The van der Waals surface area contributed by atoms with Crippen molar-refractivity contribution in [2.75, 3.05) is 0 Å². The average molecular weight is 325 g/mol. The summed E-state index contributed by atoms with van der Waals surface area (Å²) >= 11 is 11.3. The molecule has 0 aliphatic rings. The third-order valence-corrected chi connectivity index (χ3v) is 3.14. The molecule has 0 aliphatic carbocycles. The summed E-state index contributed by atoms with van der Waals surface area (Å²) in [7, 11) is 0. The average Bonchev–Trinajstić information content (AvgIpc) is 2.26. The van der Waals surface area contributed by atoms with Crippen LogP contribution < -0.4 is 0 Å². The predicted octanol–water partition coefficient (Wildman–Crippen LogP) is 5.06. The fourth-order valence-corrected chi connectivity index (χ4v) is 2.29. The second kappa shape index (κ2) is 5.56. The van der Waals surface area contributed by atoms with E-state index in [2.05, 4.69) is 9.97 Å². The smallest absolute Gasteiger partial charge is 0.216 e. The Morgan fingerprint density at radius 2 is 1.47 bits per heavy atom. The topological polar surface area (TPSA) is 25.8 Å². The van der Waals surface area contributed by atoms with Crippen LogP contribution in [0.4, 0.5) is 13.2 Å². The van der Waals surface area contributed by atoms with Crippen molar-refractivity contribution in [3.8, 4) is 11.4 Å². The lowest BCUT2D eigenvalue weighted by Crippen LogP contribution is -1.98.